The Labute approximate surface area is 102 Å². The van der Waals surface area contributed by atoms with Crippen molar-refractivity contribution in [1.82, 2.24) is 0 Å². The Morgan fingerprint density at radius 3 is 2.53 bits per heavy atom. The summed E-state index contributed by atoms with van der Waals surface area (Å²) in [6, 6.07) is 5.76. The van der Waals surface area contributed by atoms with Gasteiger partial charge in [0.2, 0.25) is 0 Å². The topological polar surface area (TPSA) is 78.5 Å². The summed E-state index contributed by atoms with van der Waals surface area (Å²) in [5.41, 5.74) is 7.53. The van der Waals surface area contributed by atoms with E-state index in [1.807, 2.05) is 6.07 Å². The molecule has 0 spiro atoms. The molecule has 17 heavy (non-hydrogen) atoms. The van der Waals surface area contributed by atoms with Gasteiger partial charge in [0.05, 0.1) is 11.4 Å². The lowest BCUT2D eigenvalue weighted by molar-refractivity contribution is 0.426. The molecule has 0 aliphatic heterocycles. The summed E-state index contributed by atoms with van der Waals surface area (Å²) in [7, 11) is -1.51. The molecular weight excluding hydrogens is 215 g/mol. The molecule has 1 aliphatic rings. The molecule has 2 rings (SSSR count). The van der Waals surface area contributed by atoms with Crippen molar-refractivity contribution < 1.29 is 10.0 Å². The highest BCUT2D eigenvalue weighted by atomic mass is 16.4. The van der Waals surface area contributed by atoms with Crippen LogP contribution >= 0.6 is 0 Å². The summed E-state index contributed by atoms with van der Waals surface area (Å²) < 4.78 is 0. The third-order valence-electron chi connectivity index (χ3n) is 3.38. The summed E-state index contributed by atoms with van der Waals surface area (Å²) in [6.07, 6.45) is 6.12. The van der Waals surface area contributed by atoms with Crippen molar-refractivity contribution in [3.8, 4) is 0 Å². The Hall–Kier alpha value is -1.20. The smallest absolute Gasteiger partial charge is 0.423 e. The molecule has 1 saturated carbocycles. The van der Waals surface area contributed by atoms with Crippen molar-refractivity contribution in [3.63, 3.8) is 0 Å². The Kier molecular flexibility index (Phi) is 3.91. The number of rotatable bonds is 3. The maximum atomic E-state index is 9.18. The molecule has 0 bridgehead atoms. The highest BCUT2D eigenvalue weighted by Crippen LogP contribution is 2.24. The zero-order valence-electron chi connectivity index (χ0n) is 9.89. The molecule has 92 valence electrons. The van der Waals surface area contributed by atoms with Crippen molar-refractivity contribution in [2.45, 2.75) is 38.1 Å². The van der Waals surface area contributed by atoms with E-state index in [0.717, 1.165) is 18.5 Å². The molecule has 1 aromatic rings. The molecule has 0 radical (unpaired) electrons. The number of nitrogen functional groups attached to an aromatic ring is 1. The van der Waals surface area contributed by atoms with E-state index in [1.165, 1.54) is 19.3 Å². The van der Waals surface area contributed by atoms with Gasteiger partial charge in [-0.25, -0.2) is 0 Å². The Balaban J connectivity index is 2.12. The van der Waals surface area contributed by atoms with Crippen LogP contribution in [0.3, 0.4) is 0 Å². The van der Waals surface area contributed by atoms with Crippen molar-refractivity contribution in [1.29, 1.82) is 0 Å². The number of anilines is 2. The molecule has 0 atom stereocenters. The van der Waals surface area contributed by atoms with Crippen LogP contribution in [0.25, 0.3) is 0 Å². The van der Waals surface area contributed by atoms with E-state index in [1.54, 1.807) is 12.1 Å². The lowest BCUT2D eigenvalue weighted by Crippen LogP contribution is -2.33. The van der Waals surface area contributed by atoms with Gasteiger partial charge in [-0.15, -0.1) is 0 Å². The minimum Gasteiger partial charge on any atom is -0.423 e. The van der Waals surface area contributed by atoms with Crippen LogP contribution in [0.1, 0.15) is 32.1 Å². The van der Waals surface area contributed by atoms with Crippen LogP contribution in [0.5, 0.6) is 0 Å². The lowest BCUT2D eigenvalue weighted by atomic mass is 9.78. The van der Waals surface area contributed by atoms with Crippen LogP contribution in [0, 0.1) is 0 Å². The van der Waals surface area contributed by atoms with E-state index < -0.39 is 7.12 Å². The monoisotopic (exact) mass is 234 g/mol. The molecule has 5 N–H and O–H groups in total. The first-order valence-electron chi connectivity index (χ1n) is 6.19. The summed E-state index contributed by atoms with van der Waals surface area (Å²) in [5.74, 6) is 0. The molecular formula is C12H19BN2O2. The maximum Gasteiger partial charge on any atom is 0.490 e. The van der Waals surface area contributed by atoms with E-state index in [2.05, 4.69) is 5.32 Å². The minimum atomic E-state index is -1.51. The summed E-state index contributed by atoms with van der Waals surface area (Å²) in [4.78, 5) is 0. The standard InChI is InChI=1S/C12H19BN2O2/c14-12-10(13(16)17)7-4-8-11(12)15-9-5-2-1-3-6-9/h4,7-9,15-17H,1-3,5-6,14H2. The van der Waals surface area contributed by atoms with Gasteiger partial charge >= 0.3 is 7.12 Å². The van der Waals surface area contributed by atoms with Crippen LogP contribution in [0.4, 0.5) is 11.4 Å². The number of hydrogen-bond acceptors (Lipinski definition) is 4. The average molecular weight is 234 g/mol. The normalized spacial score (nSPS) is 16.8. The van der Waals surface area contributed by atoms with E-state index in [0.29, 0.717) is 17.2 Å². The van der Waals surface area contributed by atoms with Gasteiger partial charge < -0.3 is 21.1 Å². The van der Waals surface area contributed by atoms with Crippen molar-refractivity contribution in [2.75, 3.05) is 11.1 Å². The molecule has 1 aliphatic carbocycles. The molecule has 5 heteroatoms. The van der Waals surface area contributed by atoms with Gasteiger partial charge in [-0.1, -0.05) is 31.4 Å². The Morgan fingerprint density at radius 2 is 1.88 bits per heavy atom. The van der Waals surface area contributed by atoms with Crippen LogP contribution < -0.4 is 16.5 Å². The quantitative estimate of drug-likeness (QED) is 0.458. The molecule has 0 saturated heterocycles. The third-order valence-corrected chi connectivity index (χ3v) is 3.38. The number of nitrogens with two attached hydrogens (primary N) is 1. The number of para-hydroxylation sites is 1. The van der Waals surface area contributed by atoms with Crippen LogP contribution in [-0.2, 0) is 0 Å². The lowest BCUT2D eigenvalue weighted by Gasteiger charge is -2.25. The third kappa shape index (κ3) is 2.93. The molecule has 0 aromatic heterocycles. The van der Waals surface area contributed by atoms with Gasteiger partial charge in [0, 0.05) is 11.5 Å². The first-order chi connectivity index (χ1) is 8.18. The SMILES string of the molecule is Nc1c(NC2CCCCC2)cccc1B(O)O. The summed E-state index contributed by atoms with van der Waals surface area (Å²) >= 11 is 0. The van der Waals surface area contributed by atoms with Crippen LogP contribution in [0.2, 0.25) is 0 Å². The van der Waals surface area contributed by atoms with Crippen LogP contribution in [0.15, 0.2) is 18.2 Å². The minimum absolute atomic E-state index is 0.366. The predicted molar refractivity (Wildman–Crippen MR) is 71.2 cm³/mol. The maximum absolute atomic E-state index is 9.18. The highest BCUT2D eigenvalue weighted by molar-refractivity contribution is 6.60. The second-order valence-electron chi connectivity index (χ2n) is 4.66. The van der Waals surface area contributed by atoms with Gasteiger partial charge in [0.15, 0.2) is 0 Å². The summed E-state index contributed by atoms with van der Waals surface area (Å²) in [5, 5.41) is 21.8. The van der Waals surface area contributed by atoms with Crippen molar-refractivity contribution in [3.05, 3.63) is 18.2 Å². The van der Waals surface area contributed by atoms with E-state index in [9.17, 15) is 10.0 Å². The molecule has 0 unspecified atom stereocenters. The van der Waals surface area contributed by atoms with Gasteiger partial charge in [0.1, 0.15) is 0 Å². The van der Waals surface area contributed by atoms with E-state index in [-0.39, 0.29) is 0 Å². The van der Waals surface area contributed by atoms with Gasteiger partial charge in [-0.2, -0.15) is 0 Å². The first-order valence-corrected chi connectivity index (χ1v) is 6.19. The zero-order chi connectivity index (χ0) is 12.3. The molecule has 4 nitrogen and oxygen atoms in total. The largest absolute Gasteiger partial charge is 0.490 e. The number of benzene rings is 1. The molecule has 0 amide bonds. The molecule has 1 aromatic carbocycles. The summed E-state index contributed by atoms with van der Waals surface area (Å²) in [6.45, 7) is 0. The van der Waals surface area contributed by atoms with E-state index >= 15 is 0 Å². The van der Waals surface area contributed by atoms with Gasteiger partial charge in [-0.05, 0) is 18.9 Å². The first kappa shape index (κ1) is 12.3. The predicted octanol–water partition coefficient (Wildman–Crippen LogP) is 0.693. The van der Waals surface area contributed by atoms with Gasteiger partial charge in [-0.3, -0.25) is 0 Å². The van der Waals surface area contributed by atoms with E-state index in [4.69, 9.17) is 5.73 Å². The van der Waals surface area contributed by atoms with Crippen molar-refractivity contribution >= 4 is 24.0 Å². The van der Waals surface area contributed by atoms with Crippen LogP contribution in [-0.4, -0.2) is 23.2 Å². The molecule has 0 heterocycles. The Morgan fingerprint density at radius 1 is 1.18 bits per heavy atom. The fraction of sp³-hybridized carbons (Fsp3) is 0.500. The number of hydrogen-bond donors (Lipinski definition) is 4. The van der Waals surface area contributed by atoms with Gasteiger partial charge in [0.25, 0.3) is 0 Å². The van der Waals surface area contributed by atoms with Crippen molar-refractivity contribution in [2.24, 2.45) is 0 Å². The average Bonchev–Trinajstić information content (AvgIpc) is 2.33. The highest BCUT2D eigenvalue weighted by Gasteiger charge is 2.19. The number of nitrogens with one attached hydrogen (secondary N) is 1. The fourth-order valence-corrected chi connectivity index (χ4v) is 2.40. The second kappa shape index (κ2) is 5.43. The molecule has 1 fully saturated rings. The Bertz CT molecular complexity index is 379. The fourth-order valence-electron chi connectivity index (χ4n) is 2.40. The second-order valence-corrected chi connectivity index (χ2v) is 4.66. The zero-order valence-corrected chi connectivity index (χ0v) is 9.89.